The number of nitrogens with one attached hydrogen (secondary N) is 3. The molecule has 1 fully saturated rings. The Kier molecular flexibility index (Phi) is 28.2. The molecule has 1 aliphatic heterocycles. The molecule has 23 heteroatoms. The number of unbranched alkanes of at least 4 members (excludes halogenated alkanes) is 3. The lowest BCUT2D eigenvalue weighted by Crippen LogP contribution is -2.75. The standard InChI is InChI=1S/C53H86F3N7O13/c1-12-34(6)52(41(74-10)26-30-64,63-29-18-20-40(63)45(75-11)35(7)46(66)59-39(50(71)72)31-36-22-24-37(25-23-36)76-51(73)53(54,55)56)62(9)44(33(4)5)48(68)60-47(67)43(32(2)3)61(8)28-17-13-14-21-42(65)58-27-16-15-19-38(57)49(69)70/h22-25,30,32-35,38-41,43-45H,12-21,26-29,31,57H2,1-11H3,(H,58,65)(H,59,66)(H,69,70)(H,71,72)(H,60,67,68)/t34-,35+,38-,39-,40-,41+,43-,44-,45+,52-/m0/s1. The van der Waals surface area contributed by atoms with Crippen LogP contribution in [0.3, 0.4) is 0 Å². The van der Waals surface area contributed by atoms with Crippen molar-refractivity contribution < 1.29 is 76.0 Å². The van der Waals surface area contributed by atoms with Gasteiger partial charge in [-0.15, -0.1) is 0 Å². The number of aldehydes is 1. The van der Waals surface area contributed by atoms with Crippen molar-refractivity contribution in [3.63, 3.8) is 0 Å². The molecule has 432 valence electrons. The fourth-order valence-electron chi connectivity index (χ4n) is 10.7. The van der Waals surface area contributed by atoms with E-state index in [-0.39, 0.29) is 30.6 Å². The topological polar surface area (TPSA) is 277 Å². The molecule has 1 aromatic carbocycles. The number of hydrogen-bond acceptors (Lipinski definition) is 15. The number of aliphatic carboxylic acids is 2. The van der Waals surface area contributed by atoms with E-state index < -0.39 is 107 Å². The van der Waals surface area contributed by atoms with Crippen molar-refractivity contribution in [2.75, 3.05) is 47.9 Å². The first kappa shape index (κ1) is 67.0. The van der Waals surface area contributed by atoms with Crippen molar-refractivity contribution >= 4 is 47.8 Å². The minimum absolute atomic E-state index is 0.0872. The maximum Gasteiger partial charge on any atom is 0.491 e. The molecule has 1 heterocycles. The zero-order chi connectivity index (χ0) is 57.7. The number of carboxylic acids is 2. The van der Waals surface area contributed by atoms with Crippen LogP contribution in [0, 0.1) is 23.7 Å². The maximum absolute atomic E-state index is 14.8. The van der Waals surface area contributed by atoms with Gasteiger partial charge in [0.05, 0.1) is 30.2 Å². The van der Waals surface area contributed by atoms with Gasteiger partial charge in [-0.1, -0.05) is 73.4 Å². The average Bonchev–Trinajstić information content (AvgIpc) is 3.82. The van der Waals surface area contributed by atoms with Crippen LogP contribution in [0.1, 0.15) is 125 Å². The first-order valence-electron chi connectivity index (χ1n) is 26.4. The van der Waals surface area contributed by atoms with Gasteiger partial charge in [-0.3, -0.25) is 44.0 Å². The fourth-order valence-corrected chi connectivity index (χ4v) is 10.7. The van der Waals surface area contributed by atoms with Gasteiger partial charge < -0.3 is 45.6 Å². The van der Waals surface area contributed by atoms with Crippen LogP contribution < -0.4 is 26.4 Å². The molecule has 20 nitrogen and oxygen atoms in total. The first-order chi connectivity index (χ1) is 35.6. The summed E-state index contributed by atoms with van der Waals surface area (Å²) in [7, 11) is 6.52. The van der Waals surface area contributed by atoms with Crippen LogP contribution in [0.5, 0.6) is 5.75 Å². The van der Waals surface area contributed by atoms with Gasteiger partial charge in [-0.05, 0) is 101 Å². The number of alkyl halides is 3. The molecule has 2 rings (SSSR count). The van der Waals surface area contributed by atoms with Gasteiger partial charge in [0.1, 0.15) is 29.8 Å². The Balaban J connectivity index is 2.38. The molecule has 0 unspecified atom stereocenters. The van der Waals surface area contributed by atoms with Crippen molar-refractivity contribution in [2.24, 2.45) is 29.4 Å². The lowest BCUT2D eigenvalue weighted by atomic mass is 9.78. The third-order valence-electron chi connectivity index (χ3n) is 14.6. The number of amides is 4. The summed E-state index contributed by atoms with van der Waals surface area (Å²) in [4.78, 5) is 109. The van der Waals surface area contributed by atoms with Crippen molar-refractivity contribution in [1.82, 2.24) is 30.7 Å². The number of ether oxygens (including phenoxy) is 3. The highest BCUT2D eigenvalue weighted by molar-refractivity contribution is 6.00. The minimum Gasteiger partial charge on any atom is -0.480 e. The van der Waals surface area contributed by atoms with Crippen LogP contribution in [0.2, 0.25) is 0 Å². The number of nitrogens with zero attached hydrogens (tertiary/aromatic N) is 3. The van der Waals surface area contributed by atoms with E-state index in [1.165, 1.54) is 26.4 Å². The van der Waals surface area contributed by atoms with Crippen molar-refractivity contribution in [3.05, 3.63) is 29.8 Å². The molecule has 10 atom stereocenters. The molecule has 76 heavy (non-hydrogen) atoms. The second kappa shape index (κ2) is 32.0. The third kappa shape index (κ3) is 18.8. The molecule has 1 saturated heterocycles. The maximum atomic E-state index is 14.8. The van der Waals surface area contributed by atoms with Crippen molar-refractivity contribution in [2.45, 2.75) is 180 Å². The van der Waals surface area contributed by atoms with Gasteiger partial charge in [0, 0.05) is 52.6 Å². The Morgan fingerprint density at radius 3 is 2.00 bits per heavy atom. The zero-order valence-electron chi connectivity index (χ0n) is 46.3. The highest BCUT2D eigenvalue weighted by Crippen LogP contribution is 2.44. The molecule has 0 radical (unpaired) electrons. The minimum atomic E-state index is -5.22. The summed E-state index contributed by atoms with van der Waals surface area (Å²) in [5, 5.41) is 27.3. The van der Waals surface area contributed by atoms with Crippen molar-refractivity contribution in [3.8, 4) is 5.75 Å². The molecule has 1 aliphatic rings. The van der Waals surface area contributed by atoms with E-state index >= 15 is 0 Å². The molecule has 0 aromatic heterocycles. The van der Waals surface area contributed by atoms with Crippen LogP contribution in [0.25, 0.3) is 0 Å². The Labute approximate surface area is 446 Å². The summed E-state index contributed by atoms with van der Waals surface area (Å²) in [6.07, 6.45) is -1.08. The number of likely N-dealkylation sites (N-methyl/N-ethyl adjacent to an activating group) is 2. The van der Waals surface area contributed by atoms with E-state index in [0.29, 0.717) is 89.4 Å². The van der Waals surface area contributed by atoms with Crippen LogP contribution in [0.15, 0.2) is 24.3 Å². The Hall–Kier alpha value is -5.07. The van der Waals surface area contributed by atoms with E-state index in [0.717, 1.165) is 18.4 Å². The summed E-state index contributed by atoms with van der Waals surface area (Å²) in [5.74, 6) is -9.01. The quantitative estimate of drug-likeness (QED) is 0.0236. The molecule has 0 aliphatic carbocycles. The number of esters is 1. The van der Waals surface area contributed by atoms with E-state index in [2.05, 4.69) is 25.6 Å². The predicted octanol–water partition coefficient (Wildman–Crippen LogP) is 4.54. The first-order valence-corrected chi connectivity index (χ1v) is 26.4. The van der Waals surface area contributed by atoms with Crippen molar-refractivity contribution in [1.29, 1.82) is 0 Å². The lowest BCUT2D eigenvalue weighted by Gasteiger charge is -2.59. The SMILES string of the molecule is CC[C@H](C)[C@]([C@@H](CC=O)OC)(N(C)[C@H](C(=O)NC(=O)[C@H](C(C)C)N(C)CCCCCC(=O)NCCCC[C@H](N)C(=O)O)C(C)C)N1CCC[C@H]1[C@H](OC)[C@@H](C)C(=O)N[C@@H](Cc1ccc(OC(=O)C(F)(F)F)cc1)C(=O)O. The molecular weight excluding hydrogens is 1000 g/mol. The summed E-state index contributed by atoms with van der Waals surface area (Å²) in [5.41, 5.74) is 4.60. The number of carbonyl (C=O) groups is 8. The highest BCUT2D eigenvalue weighted by Gasteiger charge is 2.58. The van der Waals surface area contributed by atoms with Gasteiger partial charge in [0.25, 0.3) is 0 Å². The van der Waals surface area contributed by atoms with Crippen LogP contribution in [0.4, 0.5) is 13.2 Å². The van der Waals surface area contributed by atoms with Gasteiger partial charge in [-0.25, -0.2) is 9.59 Å². The number of benzene rings is 1. The number of nitrogens with two attached hydrogens (primary N) is 1. The molecule has 4 amide bonds. The molecule has 0 bridgehead atoms. The number of carbonyl (C=O) groups excluding carboxylic acids is 6. The number of methoxy groups -OCH3 is 2. The number of hydrogen-bond donors (Lipinski definition) is 6. The average molecular weight is 1090 g/mol. The molecule has 0 saturated carbocycles. The highest BCUT2D eigenvalue weighted by atomic mass is 19.4. The smallest absolute Gasteiger partial charge is 0.480 e. The van der Waals surface area contributed by atoms with Crippen LogP contribution in [-0.4, -0.2) is 175 Å². The number of rotatable bonds is 35. The number of likely N-dealkylation sites (tertiary alicyclic amines) is 1. The molecule has 1 aromatic rings. The van der Waals surface area contributed by atoms with Crippen LogP contribution >= 0.6 is 0 Å². The van der Waals surface area contributed by atoms with Crippen LogP contribution in [-0.2, 0) is 54.3 Å². The predicted molar refractivity (Wildman–Crippen MR) is 276 cm³/mol. The molecule has 7 N–H and O–H groups in total. The summed E-state index contributed by atoms with van der Waals surface area (Å²) >= 11 is 0. The second-order valence-corrected chi connectivity index (χ2v) is 20.7. The Morgan fingerprint density at radius 2 is 1.47 bits per heavy atom. The monoisotopic (exact) mass is 1090 g/mol. The third-order valence-corrected chi connectivity index (χ3v) is 14.6. The van der Waals surface area contributed by atoms with E-state index in [1.807, 2.05) is 58.4 Å². The summed E-state index contributed by atoms with van der Waals surface area (Å²) in [6, 6.07) is 0.0937. The number of halogens is 3. The fraction of sp³-hybridized carbons (Fsp3) is 0.736. The van der Waals surface area contributed by atoms with Gasteiger partial charge in [0.2, 0.25) is 23.6 Å². The van der Waals surface area contributed by atoms with E-state index in [9.17, 15) is 56.6 Å². The number of carboxylic acid groups (broad SMARTS) is 2. The van der Waals surface area contributed by atoms with E-state index in [1.54, 1.807) is 14.0 Å². The van der Waals surface area contributed by atoms with Gasteiger partial charge >= 0.3 is 24.1 Å². The van der Waals surface area contributed by atoms with Gasteiger partial charge in [0.15, 0.2) is 0 Å². The number of imide groups is 1. The summed E-state index contributed by atoms with van der Waals surface area (Å²) < 4.78 is 54.9. The molecular formula is C53H86F3N7O13. The molecule has 0 spiro atoms. The normalized spacial score (nSPS) is 18.2. The van der Waals surface area contributed by atoms with Gasteiger partial charge in [-0.2, -0.15) is 13.2 Å². The Bertz CT molecular complexity index is 2050. The lowest BCUT2D eigenvalue weighted by molar-refractivity contribution is -0.203. The zero-order valence-corrected chi connectivity index (χ0v) is 46.3. The second-order valence-electron chi connectivity index (χ2n) is 20.7. The summed E-state index contributed by atoms with van der Waals surface area (Å²) in [6.45, 7) is 14.4. The Morgan fingerprint density at radius 1 is 0.855 bits per heavy atom. The largest absolute Gasteiger partial charge is 0.491 e. The van der Waals surface area contributed by atoms with E-state index in [4.69, 9.17) is 20.3 Å².